The molecule has 2 saturated heterocycles. The van der Waals surface area contributed by atoms with Gasteiger partial charge in [0.2, 0.25) is 0 Å². The number of hydrogen-bond donors (Lipinski definition) is 2. The number of likely N-dealkylation sites (tertiary alicyclic amines) is 2. The molecule has 0 spiro atoms. The van der Waals surface area contributed by atoms with Crippen LogP contribution in [0.4, 0.5) is 13.2 Å². The van der Waals surface area contributed by atoms with E-state index in [1.165, 1.54) is 11.3 Å². The topological polar surface area (TPSA) is 42.9 Å². The summed E-state index contributed by atoms with van der Waals surface area (Å²) in [4.78, 5) is 8.38. The lowest BCUT2D eigenvalue weighted by Crippen LogP contribution is -2.45. The van der Waals surface area contributed by atoms with Gasteiger partial charge >= 0.3 is 6.18 Å². The van der Waals surface area contributed by atoms with E-state index in [1.54, 1.807) is 0 Å². The predicted octanol–water partition coefficient (Wildman–Crippen LogP) is 1.89. The Hall–Kier alpha value is -0.290. The minimum Gasteiger partial charge on any atom is -0.357 e. The molecule has 0 amide bonds. The molecule has 2 rings (SSSR count). The van der Waals surface area contributed by atoms with Crippen LogP contribution >= 0.6 is 24.0 Å². The maximum absolute atomic E-state index is 12.4. The normalized spacial score (nSPS) is 26.5. The first-order valence-electron chi connectivity index (χ1n) is 8.41. The van der Waals surface area contributed by atoms with E-state index in [-0.39, 0.29) is 30.0 Å². The number of likely N-dealkylation sites (N-methyl/N-ethyl adjacent to an activating group) is 1. The number of alkyl halides is 3. The van der Waals surface area contributed by atoms with Crippen LogP contribution in [0.5, 0.6) is 0 Å². The van der Waals surface area contributed by atoms with Crippen LogP contribution in [0.25, 0.3) is 0 Å². The SMILES string of the molecule is CCNC(=NCC1CCCN1C)NC1CCN(CC(F)(F)F)C1.I. The molecule has 2 unspecified atom stereocenters. The minimum absolute atomic E-state index is 0. The van der Waals surface area contributed by atoms with E-state index >= 15 is 0 Å². The zero-order valence-electron chi connectivity index (χ0n) is 14.4. The van der Waals surface area contributed by atoms with Gasteiger partial charge in [-0.05, 0) is 39.8 Å². The molecule has 142 valence electrons. The monoisotopic (exact) mass is 463 g/mol. The van der Waals surface area contributed by atoms with Crippen LogP contribution in [0, 0.1) is 0 Å². The van der Waals surface area contributed by atoms with Crippen LogP contribution in [0.3, 0.4) is 0 Å². The summed E-state index contributed by atoms with van der Waals surface area (Å²) in [5.74, 6) is 0.714. The van der Waals surface area contributed by atoms with Gasteiger partial charge in [-0.25, -0.2) is 0 Å². The van der Waals surface area contributed by atoms with E-state index in [0.717, 1.165) is 26.1 Å². The molecule has 0 bridgehead atoms. The Labute approximate surface area is 159 Å². The van der Waals surface area contributed by atoms with Crippen molar-refractivity contribution in [3.63, 3.8) is 0 Å². The highest BCUT2D eigenvalue weighted by Gasteiger charge is 2.34. The molecule has 0 aromatic carbocycles. The van der Waals surface area contributed by atoms with Gasteiger partial charge in [-0.2, -0.15) is 13.2 Å². The average Bonchev–Trinajstić information content (AvgIpc) is 3.04. The first-order valence-corrected chi connectivity index (χ1v) is 8.41. The second-order valence-electron chi connectivity index (χ2n) is 6.48. The molecule has 2 heterocycles. The average molecular weight is 463 g/mol. The smallest absolute Gasteiger partial charge is 0.357 e. The van der Waals surface area contributed by atoms with Crippen LogP contribution in [-0.4, -0.2) is 80.3 Å². The zero-order valence-corrected chi connectivity index (χ0v) is 16.7. The molecule has 2 aliphatic rings. The number of nitrogens with zero attached hydrogens (tertiary/aromatic N) is 3. The number of guanidine groups is 1. The summed E-state index contributed by atoms with van der Waals surface area (Å²) in [6.07, 6.45) is -1.05. The van der Waals surface area contributed by atoms with Crippen LogP contribution in [0.1, 0.15) is 26.2 Å². The fourth-order valence-electron chi connectivity index (χ4n) is 3.27. The molecule has 2 fully saturated rings. The quantitative estimate of drug-likeness (QED) is 0.372. The summed E-state index contributed by atoms with van der Waals surface area (Å²) in [5, 5.41) is 6.47. The maximum atomic E-state index is 12.4. The second kappa shape index (κ2) is 10.0. The third-order valence-corrected chi connectivity index (χ3v) is 4.49. The highest BCUT2D eigenvalue weighted by Crippen LogP contribution is 2.20. The van der Waals surface area contributed by atoms with Crippen molar-refractivity contribution in [2.75, 3.05) is 46.3 Å². The van der Waals surface area contributed by atoms with Crippen LogP contribution in [-0.2, 0) is 0 Å². The highest BCUT2D eigenvalue weighted by atomic mass is 127. The van der Waals surface area contributed by atoms with Gasteiger partial charge in [0.15, 0.2) is 5.96 Å². The van der Waals surface area contributed by atoms with Crippen molar-refractivity contribution in [3.05, 3.63) is 0 Å². The Balaban J connectivity index is 0.00000288. The van der Waals surface area contributed by atoms with Gasteiger partial charge in [-0.15, -0.1) is 24.0 Å². The summed E-state index contributed by atoms with van der Waals surface area (Å²) < 4.78 is 37.3. The lowest BCUT2D eigenvalue weighted by molar-refractivity contribution is -0.143. The van der Waals surface area contributed by atoms with Crippen molar-refractivity contribution in [1.29, 1.82) is 0 Å². The van der Waals surface area contributed by atoms with Gasteiger partial charge in [0.1, 0.15) is 0 Å². The summed E-state index contributed by atoms with van der Waals surface area (Å²) in [5.41, 5.74) is 0. The van der Waals surface area contributed by atoms with Gasteiger partial charge in [0, 0.05) is 31.7 Å². The van der Waals surface area contributed by atoms with E-state index < -0.39 is 12.7 Å². The molecule has 2 atom stereocenters. The van der Waals surface area contributed by atoms with E-state index in [9.17, 15) is 13.2 Å². The van der Waals surface area contributed by atoms with Crippen LogP contribution < -0.4 is 10.6 Å². The third kappa shape index (κ3) is 7.30. The number of hydrogen-bond acceptors (Lipinski definition) is 3. The summed E-state index contributed by atoms with van der Waals surface area (Å²) >= 11 is 0. The van der Waals surface area contributed by atoms with Gasteiger partial charge in [0.25, 0.3) is 0 Å². The summed E-state index contributed by atoms with van der Waals surface area (Å²) in [6.45, 7) is 4.62. The molecule has 0 aromatic heterocycles. The van der Waals surface area contributed by atoms with Gasteiger partial charge in [-0.1, -0.05) is 0 Å². The number of rotatable bonds is 5. The first-order chi connectivity index (χ1) is 10.9. The van der Waals surface area contributed by atoms with Gasteiger partial charge < -0.3 is 15.5 Å². The maximum Gasteiger partial charge on any atom is 0.401 e. The first kappa shape index (κ1) is 21.8. The Morgan fingerprint density at radius 3 is 2.58 bits per heavy atom. The number of nitrogens with one attached hydrogen (secondary N) is 2. The summed E-state index contributed by atoms with van der Waals surface area (Å²) in [6, 6.07) is 0.493. The standard InChI is InChI=1S/C15H28F3N5.HI/c1-3-19-14(20-9-13-5-4-7-22(13)2)21-12-6-8-23(10-12)11-15(16,17)18;/h12-13H,3-11H2,1-2H3,(H2,19,20,21);1H. The molecular weight excluding hydrogens is 434 g/mol. The molecule has 0 aromatic rings. The van der Waals surface area contributed by atoms with Crippen LogP contribution in [0.15, 0.2) is 4.99 Å². The Kier molecular flexibility index (Phi) is 9.07. The molecule has 2 aliphatic heterocycles. The van der Waals surface area contributed by atoms with E-state index in [2.05, 4.69) is 27.6 Å². The van der Waals surface area contributed by atoms with Crippen molar-refractivity contribution >= 4 is 29.9 Å². The molecule has 24 heavy (non-hydrogen) atoms. The Morgan fingerprint density at radius 1 is 1.25 bits per heavy atom. The minimum atomic E-state index is -4.12. The molecular formula is C15H29F3IN5. The van der Waals surface area contributed by atoms with E-state index in [0.29, 0.717) is 31.5 Å². The molecule has 2 N–H and O–H groups in total. The van der Waals surface area contributed by atoms with Gasteiger partial charge in [0.05, 0.1) is 13.1 Å². The van der Waals surface area contributed by atoms with Crippen molar-refractivity contribution in [1.82, 2.24) is 20.4 Å². The van der Waals surface area contributed by atoms with Crippen molar-refractivity contribution < 1.29 is 13.2 Å². The van der Waals surface area contributed by atoms with E-state index in [4.69, 9.17) is 0 Å². The second-order valence-corrected chi connectivity index (χ2v) is 6.48. The van der Waals surface area contributed by atoms with Crippen molar-refractivity contribution in [3.8, 4) is 0 Å². The zero-order chi connectivity index (χ0) is 16.9. The Bertz CT molecular complexity index is 405. The number of aliphatic imine (C=N–C) groups is 1. The Morgan fingerprint density at radius 2 is 2.00 bits per heavy atom. The summed E-state index contributed by atoms with van der Waals surface area (Å²) in [7, 11) is 2.11. The van der Waals surface area contributed by atoms with Gasteiger partial charge in [-0.3, -0.25) is 9.89 Å². The van der Waals surface area contributed by atoms with Crippen molar-refractivity contribution in [2.45, 2.75) is 44.4 Å². The van der Waals surface area contributed by atoms with E-state index in [1.807, 2.05) is 6.92 Å². The largest absolute Gasteiger partial charge is 0.401 e. The third-order valence-electron chi connectivity index (χ3n) is 4.49. The fourth-order valence-corrected chi connectivity index (χ4v) is 3.27. The molecule has 0 radical (unpaired) electrons. The van der Waals surface area contributed by atoms with Crippen LogP contribution in [0.2, 0.25) is 0 Å². The lowest BCUT2D eigenvalue weighted by atomic mass is 10.2. The molecule has 0 saturated carbocycles. The highest BCUT2D eigenvalue weighted by molar-refractivity contribution is 14.0. The molecule has 5 nitrogen and oxygen atoms in total. The molecule has 0 aliphatic carbocycles. The molecule has 9 heteroatoms. The predicted molar refractivity (Wildman–Crippen MR) is 101 cm³/mol. The lowest BCUT2D eigenvalue weighted by Gasteiger charge is -2.21. The number of halogens is 4. The van der Waals surface area contributed by atoms with Crippen molar-refractivity contribution in [2.24, 2.45) is 4.99 Å². The fraction of sp³-hybridized carbons (Fsp3) is 0.933.